The van der Waals surface area contributed by atoms with Gasteiger partial charge in [0.25, 0.3) is 0 Å². The summed E-state index contributed by atoms with van der Waals surface area (Å²) in [6.45, 7) is 3.67. The first-order chi connectivity index (χ1) is 4.63. The Morgan fingerprint density at radius 1 is 1.70 bits per heavy atom. The number of halogens is 1. The van der Waals surface area contributed by atoms with Crippen molar-refractivity contribution < 1.29 is 5.21 Å². The highest BCUT2D eigenvalue weighted by Gasteiger charge is 2.17. The number of rotatable bonds is 2. The predicted octanol–water partition coefficient (Wildman–Crippen LogP) is 1.81. The maximum atomic E-state index is 8.47. The van der Waals surface area contributed by atoms with Crippen LogP contribution in [0.25, 0.3) is 0 Å². The summed E-state index contributed by atoms with van der Waals surface area (Å²) < 4.78 is 0. The van der Waals surface area contributed by atoms with Crippen LogP contribution in [0, 0.1) is 23.2 Å². The zero-order valence-electron chi connectivity index (χ0n) is 5.87. The molecule has 0 rings (SSSR count). The molecule has 0 fully saturated rings. The van der Waals surface area contributed by atoms with Crippen LogP contribution in [-0.2, 0) is 0 Å². The molecule has 0 aliphatic rings. The van der Waals surface area contributed by atoms with Crippen LogP contribution in [0.1, 0.15) is 13.8 Å². The highest BCUT2D eigenvalue weighted by Crippen LogP contribution is 2.13. The van der Waals surface area contributed by atoms with Gasteiger partial charge in [0.1, 0.15) is 5.92 Å². The topological polar surface area (TPSA) is 56.4 Å². The molecule has 56 valence electrons. The second-order valence-electron chi connectivity index (χ2n) is 2.27. The molecule has 1 atom stereocenters. The molecular weight excluding hydrogens is 152 g/mol. The highest BCUT2D eigenvalue weighted by molar-refractivity contribution is 6.66. The molecule has 0 bridgehead atoms. The van der Waals surface area contributed by atoms with E-state index in [1.165, 1.54) is 0 Å². The van der Waals surface area contributed by atoms with Gasteiger partial charge in [0.15, 0.2) is 5.17 Å². The van der Waals surface area contributed by atoms with Gasteiger partial charge in [-0.25, -0.2) is 0 Å². The van der Waals surface area contributed by atoms with E-state index < -0.39 is 5.92 Å². The number of hydrogen-bond acceptors (Lipinski definition) is 3. The van der Waals surface area contributed by atoms with Crippen LogP contribution in [-0.4, -0.2) is 10.4 Å². The van der Waals surface area contributed by atoms with Gasteiger partial charge in [-0.2, -0.15) is 5.26 Å². The van der Waals surface area contributed by atoms with Crippen molar-refractivity contribution in [2.75, 3.05) is 0 Å². The average molecular weight is 161 g/mol. The molecular formula is C6H9ClN2O. The zero-order valence-corrected chi connectivity index (χ0v) is 6.63. The first-order valence-corrected chi connectivity index (χ1v) is 3.28. The van der Waals surface area contributed by atoms with E-state index in [1.807, 2.05) is 19.9 Å². The van der Waals surface area contributed by atoms with Crippen LogP contribution in [0.5, 0.6) is 0 Å². The number of hydrogen-bond donors (Lipinski definition) is 1. The Labute approximate surface area is 64.9 Å². The van der Waals surface area contributed by atoms with Crippen molar-refractivity contribution in [2.45, 2.75) is 13.8 Å². The lowest BCUT2D eigenvalue weighted by Crippen LogP contribution is -2.13. The predicted molar refractivity (Wildman–Crippen MR) is 39.0 cm³/mol. The van der Waals surface area contributed by atoms with Gasteiger partial charge in [0.05, 0.1) is 6.07 Å². The molecule has 0 aromatic heterocycles. The lowest BCUT2D eigenvalue weighted by atomic mass is 9.99. The smallest absolute Gasteiger partial charge is 0.162 e. The first kappa shape index (κ1) is 9.25. The summed E-state index contributed by atoms with van der Waals surface area (Å²) in [6, 6.07) is 1.93. The van der Waals surface area contributed by atoms with Crippen LogP contribution >= 0.6 is 11.6 Å². The van der Waals surface area contributed by atoms with Crippen molar-refractivity contribution in [3.8, 4) is 6.07 Å². The van der Waals surface area contributed by atoms with Crippen LogP contribution < -0.4 is 0 Å². The van der Waals surface area contributed by atoms with E-state index in [9.17, 15) is 0 Å². The molecule has 0 amide bonds. The van der Waals surface area contributed by atoms with Crippen LogP contribution in [0.15, 0.2) is 5.16 Å². The van der Waals surface area contributed by atoms with Crippen molar-refractivity contribution in [1.29, 1.82) is 5.26 Å². The lowest BCUT2D eigenvalue weighted by molar-refractivity contribution is 0.316. The van der Waals surface area contributed by atoms with Crippen molar-refractivity contribution >= 4 is 16.8 Å². The Morgan fingerprint density at radius 2 is 2.20 bits per heavy atom. The van der Waals surface area contributed by atoms with Crippen molar-refractivity contribution in [2.24, 2.45) is 17.0 Å². The fourth-order valence-electron chi connectivity index (χ4n) is 0.540. The maximum Gasteiger partial charge on any atom is 0.162 e. The molecule has 3 nitrogen and oxygen atoms in total. The number of nitriles is 1. The first-order valence-electron chi connectivity index (χ1n) is 2.90. The summed E-state index contributed by atoms with van der Waals surface area (Å²) in [5, 5.41) is 19.4. The van der Waals surface area contributed by atoms with E-state index in [2.05, 4.69) is 5.16 Å². The number of oxime groups is 1. The molecule has 0 heterocycles. The van der Waals surface area contributed by atoms with E-state index in [1.54, 1.807) is 0 Å². The Bertz CT molecular complexity index is 171. The van der Waals surface area contributed by atoms with Gasteiger partial charge in [0, 0.05) is 0 Å². The van der Waals surface area contributed by atoms with Crippen molar-refractivity contribution in [3.05, 3.63) is 0 Å². The molecule has 0 saturated heterocycles. The lowest BCUT2D eigenvalue weighted by Gasteiger charge is -2.07. The second-order valence-corrected chi connectivity index (χ2v) is 2.66. The van der Waals surface area contributed by atoms with Crippen LogP contribution in [0.4, 0.5) is 0 Å². The molecule has 0 aliphatic carbocycles. The summed E-state index contributed by atoms with van der Waals surface area (Å²) in [5.41, 5.74) is 0. The Balaban J connectivity index is 4.26. The van der Waals surface area contributed by atoms with Gasteiger partial charge in [-0.05, 0) is 5.92 Å². The Morgan fingerprint density at radius 3 is 2.30 bits per heavy atom. The van der Waals surface area contributed by atoms with Gasteiger partial charge in [-0.1, -0.05) is 30.6 Å². The zero-order chi connectivity index (χ0) is 8.15. The van der Waals surface area contributed by atoms with E-state index in [4.69, 9.17) is 22.1 Å². The van der Waals surface area contributed by atoms with E-state index in [-0.39, 0.29) is 11.1 Å². The minimum atomic E-state index is -0.494. The molecule has 1 N–H and O–H groups in total. The monoisotopic (exact) mass is 160 g/mol. The molecule has 0 aliphatic heterocycles. The SMILES string of the molecule is CC(C)C(C#N)/C(Cl)=N/O. The highest BCUT2D eigenvalue weighted by atomic mass is 35.5. The van der Waals surface area contributed by atoms with Gasteiger partial charge in [-0.15, -0.1) is 0 Å². The molecule has 4 heteroatoms. The largest absolute Gasteiger partial charge is 0.410 e. The van der Waals surface area contributed by atoms with Crippen molar-refractivity contribution in [3.63, 3.8) is 0 Å². The van der Waals surface area contributed by atoms with Crippen LogP contribution in [0.3, 0.4) is 0 Å². The summed E-state index contributed by atoms with van der Waals surface area (Å²) >= 11 is 5.40. The summed E-state index contributed by atoms with van der Waals surface area (Å²) in [6.07, 6.45) is 0. The van der Waals surface area contributed by atoms with Gasteiger partial charge in [0.2, 0.25) is 0 Å². The minimum Gasteiger partial charge on any atom is -0.410 e. The third kappa shape index (κ3) is 2.24. The Kier molecular flexibility index (Phi) is 3.82. The third-order valence-corrected chi connectivity index (χ3v) is 1.47. The fraction of sp³-hybridized carbons (Fsp3) is 0.667. The number of nitrogens with zero attached hydrogens (tertiary/aromatic N) is 2. The molecule has 0 radical (unpaired) electrons. The third-order valence-electron chi connectivity index (χ3n) is 1.16. The van der Waals surface area contributed by atoms with E-state index >= 15 is 0 Å². The van der Waals surface area contributed by atoms with E-state index in [0.29, 0.717) is 0 Å². The summed E-state index contributed by atoms with van der Waals surface area (Å²) in [5.74, 6) is -0.417. The normalized spacial score (nSPS) is 14.9. The molecule has 0 aromatic rings. The summed E-state index contributed by atoms with van der Waals surface area (Å²) in [4.78, 5) is 0. The molecule has 0 aromatic carbocycles. The molecule has 0 saturated carbocycles. The minimum absolute atomic E-state index is 0.0440. The molecule has 10 heavy (non-hydrogen) atoms. The van der Waals surface area contributed by atoms with Gasteiger partial charge >= 0.3 is 0 Å². The van der Waals surface area contributed by atoms with Crippen LogP contribution in [0.2, 0.25) is 0 Å². The maximum absolute atomic E-state index is 8.47. The van der Waals surface area contributed by atoms with Gasteiger partial charge < -0.3 is 5.21 Å². The fourth-order valence-corrected chi connectivity index (χ4v) is 0.840. The average Bonchev–Trinajstić information content (AvgIpc) is 1.88. The van der Waals surface area contributed by atoms with Gasteiger partial charge in [-0.3, -0.25) is 0 Å². The summed E-state index contributed by atoms with van der Waals surface area (Å²) in [7, 11) is 0. The molecule has 0 spiro atoms. The van der Waals surface area contributed by atoms with E-state index in [0.717, 1.165) is 0 Å². The second kappa shape index (κ2) is 4.13. The standard InChI is InChI=1S/C6H9ClN2O/c1-4(2)5(3-8)6(7)9-10/h4-5,10H,1-2H3/b9-6-. The molecule has 1 unspecified atom stereocenters. The quantitative estimate of drug-likeness (QED) is 0.381. The Hall–Kier alpha value is -0.750. The van der Waals surface area contributed by atoms with Crippen molar-refractivity contribution in [1.82, 2.24) is 0 Å².